The zero-order chi connectivity index (χ0) is 9.10. The fraction of sp³-hybridized carbons (Fsp3) is 0.333. The highest BCUT2D eigenvalue weighted by molar-refractivity contribution is 5.73. The first-order valence-corrected chi connectivity index (χ1v) is 4.39. The van der Waals surface area contributed by atoms with Crippen molar-refractivity contribution in [1.29, 1.82) is 0 Å². The lowest BCUT2D eigenvalue weighted by atomic mass is 10.4. The van der Waals surface area contributed by atoms with Gasteiger partial charge in [0, 0.05) is 6.20 Å². The number of nitrogens with zero attached hydrogens (tertiary/aromatic N) is 2. The van der Waals surface area contributed by atoms with Gasteiger partial charge >= 0.3 is 0 Å². The molecule has 0 saturated heterocycles. The molecule has 2 aromatic heterocycles. The van der Waals surface area contributed by atoms with Gasteiger partial charge in [0.2, 0.25) is 0 Å². The van der Waals surface area contributed by atoms with Crippen molar-refractivity contribution in [3.63, 3.8) is 0 Å². The molecule has 13 heavy (non-hydrogen) atoms. The summed E-state index contributed by atoms with van der Waals surface area (Å²) in [6.07, 6.45) is 3.54. The number of nitrogens with one attached hydrogen (secondary N) is 2. The highest BCUT2D eigenvalue weighted by atomic mass is 15.0. The van der Waals surface area contributed by atoms with Crippen molar-refractivity contribution < 1.29 is 0 Å². The van der Waals surface area contributed by atoms with Crippen LogP contribution in [0, 0.1) is 0 Å². The van der Waals surface area contributed by atoms with Crippen LogP contribution in [0.3, 0.4) is 0 Å². The molecule has 2 aromatic rings. The minimum Gasteiger partial charge on any atom is -0.340 e. The molecular weight excluding hydrogens is 164 g/mol. The lowest BCUT2D eigenvalue weighted by molar-refractivity contribution is 0.700. The molecular formula is C9H12N4. The molecule has 4 heteroatoms. The molecule has 0 aliphatic heterocycles. The van der Waals surface area contributed by atoms with Crippen LogP contribution in [0.5, 0.6) is 0 Å². The number of imidazole rings is 1. The molecule has 0 bridgehead atoms. The average Bonchev–Trinajstić information content (AvgIpc) is 2.57. The van der Waals surface area contributed by atoms with E-state index in [1.807, 2.05) is 6.07 Å². The number of fused-ring (bicyclic) bond motifs is 1. The van der Waals surface area contributed by atoms with Crippen LogP contribution in [0.25, 0.3) is 11.0 Å². The Hall–Kier alpha value is -1.42. The molecule has 4 nitrogen and oxygen atoms in total. The maximum absolute atomic E-state index is 4.39. The molecule has 0 saturated carbocycles. The summed E-state index contributed by atoms with van der Waals surface area (Å²) < 4.78 is 0. The summed E-state index contributed by atoms with van der Waals surface area (Å²) in [5, 5.41) is 3.21. The number of rotatable bonds is 3. The van der Waals surface area contributed by atoms with Crippen LogP contribution in [-0.4, -0.2) is 21.5 Å². The van der Waals surface area contributed by atoms with E-state index < -0.39 is 0 Å². The molecule has 0 fully saturated rings. The molecule has 0 aliphatic rings. The van der Waals surface area contributed by atoms with Crippen LogP contribution in [0.15, 0.2) is 18.5 Å². The standard InChI is InChI=1S/C9H12N4/c1-2-10-6-9-12-7-3-4-11-5-8(7)13-9/h3-5,10H,2,6H2,1H3,(H,12,13). The first-order chi connectivity index (χ1) is 6.40. The third kappa shape index (κ3) is 1.67. The van der Waals surface area contributed by atoms with E-state index in [4.69, 9.17) is 0 Å². The zero-order valence-electron chi connectivity index (χ0n) is 7.54. The van der Waals surface area contributed by atoms with E-state index in [2.05, 4.69) is 27.2 Å². The Morgan fingerprint density at radius 3 is 3.23 bits per heavy atom. The van der Waals surface area contributed by atoms with Gasteiger partial charge in [0.25, 0.3) is 0 Å². The van der Waals surface area contributed by atoms with Crippen molar-refractivity contribution in [2.45, 2.75) is 13.5 Å². The predicted molar refractivity (Wildman–Crippen MR) is 51.3 cm³/mol. The van der Waals surface area contributed by atoms with E-state index in [0.717, 1.165) is 29.9 Å². The third-order valence-electron chi connectivity index (χ3n) is 1.87. The van der Waals surface area contributed by atoms with Crippen LogP contribution in [0.4, 0.5) is 0 Å². The smallest absolute Gasteiger partial charge is 0.121 e. The van der Waals surface area contributed by atoms with E-state index in [9.17, 15) is 0 Å². The monoisotopic (exact) mass is 176 g/mol. The summed E-state index contributed by atoms with van der Waals surface area (Å²) in [7, 11) is 0. The molecule has 0 spiro atoms. The van der Waals surface area contributed by atoms with E-state index in [-0.39, 0.29) is 0 Å². The van der Waals surface area contributed by atoms with Crippen molar-refractivity contribution >= 4 is 11.0 Å². The van der Waals surface area contributed by atoms with Crippen LogP contribution >= 0.6 is 0 Å². The second-order valence-electron chi connectivity index (χ2n) is 2.86. The Bertz CT molecular complexity index is 360. The van der Waals surface area contributed by atoms with Gasteiger partial charge in [0.1, 0.15) is 5.82 Å². The van der Waals surface area contributed by atoms with Gasteiger partial charge in [0.15, 0.2) is 0 Å². The highest BCUT2D eigenvalue weighted by Gasteiger charge is 2.00. The van der Waals surface area contributed by atoms with Gasteiger partial charge in [-0.25, -0.2) is 4.98 Å². The molecule has 0 atom stereocenters. The van der Waals surface area contributed by atoms with Crippen LogP contribution in [-0.2, 0) is 6.54 Å². The van der Waals surface area contributed by atoms with Gasteiger partial charge in [0.05, 0.1) is 23.8 Å². The average molecular weight is 176 g/mol. The first-order valence-electron chi connectivity index (χ1n) is 4.39. The summed E-state index contributed by atoms with van der Waals surface area (Å²) in [4.78, 5) is 11.6. The molecule has 0 aliphatic carbocycles. The molecule has 0 amide bonds. The van der Waals surface area contributed by atoms with Crippen molar-refractivity contribution in [2.24, 2.45) is 0 Å². The minimum absolute atomic E-state index is 0.783. The van der Waals surface area contributed by atoms with Crippen LogP contribution in [0.2, 0.25) is 0 Å². The van der Waals surface area contributed by atoms with Crippen molar-refractivity contribution in [3.05, 3.63) is 24.3 Å². The summed E-state index contributed by atoms with van der Waals surface area (Å²) in [6.45, 7) is 3.81. The highest BCUT2D eigenvalue weighted by Crippen LogP contribution is 2.07. The Morgan fingerprint density at radius 2 is 2.46 bits per heavy atom. The summed E-state index contributed by atoms with van der Waals surface area (Å²) in [5.41, 5.74) is 1.97. The van der Waals surface area contributed by atoms with Gasteiger partial charge < -0.3 is 10.3 Å². The largest absolute Gasteiger partial charge is 0.340 e. The molecule has 0 unspecified atom stereocenters. The summed E-state index contributed by atoms with van der Waals surface area (Å²) in [6, 6.07) is 1.90. The van der Waals surface area contributed by atoms with Gasteiger partial charge in [-0.05, 0) is 12.6 Å². The Kier molecular flexibility index (Phi) is 2.23. The summed E-state index contributed by atoms with van der Waals surface area (Å²) in [5.74, 6) is 0.963. The number of aromatic nitrogens is 3. The molecule has 68 valence electrons. The van der Waals surface area contributed by atoms with E-state index in [1.54, 1.807) is 12.4 Å². The van der Waals surface area contributed by atoms with Gasteiger partial charge in [-0.15, -0.1) is 0 Å². The third-order valence-corrected chi connectivity index (χ3v) is 1.87. The first kappa shape index (κ1) is 8.19. The SMILES string of the molecule is CCNCc1nc2ccncc2[nH]1. The Balaban J connectivity index is 2.28. The fourth-order valence-corrected chi connectivity index (χ4v) is 1.24. The predicted octanol–water partition coefficient (Wildman–Crippen LogP) is 1.07. The van der Waals surface area contributed by atoms with Crippen LogP contribution < -0.4 is 5.32 Å². The van der Waals surface area contributed by atoms with Crippen molar-refractivity contribution in [1.82, 2.24) is 20.3 Å². The van der Waals surface area contributed by atoms with Gasteiger partial charge in [-0.2, -0.15) is 0 Å². The lowest BCUT2D eigenvalue weighted by Crippen LogP contribution is -2.12. The normalized spacial score (nSPS) is 10.8. The minimum atomic E-state index is 0.783. The lowest BCUT2D eigenvalue weighted by Gasteiger charge is -1.94. The zero-order valence-corrected chi connectivity index (χ0v) is 7.54. The topological polar surface area (TPSA) is 53.6 Å². The number of H-pyrrole nitrogens is 1. The van der Waals surface area contributed by atoms with E-state index >= 15 is 0 Å². The molecule has 0 aromatic carbocycles. The number of pyridine rings is 1. The Morgan fingerprint density at radius 1 is 1.54 bits per heavy atom. The quantitative estimate of drug-likeness (QED) is 0.735. The number of hydrogen-bond acceptors (Lipinski definition) is 3. The molecule has 2 N–H and O–H groups in total. The fourth-order valence-electron chi connectivity index (χ4n) is 1.24. The van der Waals surface area contributed by atoms with Crippen LogP contribution in [0.1, 0.15) is 12.7 Å². The number of hydrogen-bond donors (Lipinski definition) is 2. The van der Waals surface area contributed by atoms with Gasteiger partial charge in [-0.1, -0.05) is 6.92 Å². The second kappa shape index (κ2) is 3.53. The molecule has 0 radical (unpaired) electrons. The Labute approximate surface area is 76.4 Å². The maximum Gasteiger partial charge on any atom is 0.121 e. The second-order valence-corrected chi connectivity index (χ2v) is 2.86. The van der Waals surface area contributed by atoms with E-state index in [1.165, 1.54) is 0 Å². The maximum atomic E-state index is 4.39. The van der Waals surface area contributed by atoms with Crippen molar-refractivity contribution in [3.8, 4) is 0 Å². The number of aromatic amines is 1. The van der Waals surface area contributed by atoms with E-state index in [0.29, 0.717) is 0 Å². The van der Waals surface area contributed by atoms with Gasteiger partial charge in [-0.3, -0.25) is 4.98 Å². The van der Waals surface area contributed by atoms with Crippen molar-refractivity contribution in [2.75, 3.05) is 6.54 Å². The molecule has 2 heterocycles. The molecule has 2 rings (SSSR count). The summed E-state index contributed by atoms with van der Waals surface area (Å²) >= 11 is 0.